The van der Waals surface area contributed by atoms with Crippen molar-refractivity contribution in [2.45, 2.75) is 32.6 Å². The Kier molecular flexibility index (Phi) is 3.66. The second-order valence-corrected chi connectivity index (χ2v) is 4.45. The molecule has 0 bridgehead atoms. The molecule has 0 spiro atoms. The third-order valence-electron chi connectivity index (χ3n) is 3.46. The summed E-state index contributed by atoms with van der Waals surface area (Å²) in [5.74, 6) is 0. The summed E-state index contributed by atoms with van der Waals surface area (Å²) in [6.45, 7) is 8.57. The van der Waals surface area contributed by atoms with E-state index in [9.17, 15) is 0 Å². The van der Waals surface area contributed by atoms with Gasteiger partial charge in [0.05, 0.1) is 0 Å². The second kappa shape index (κ2) is 5.20. The van der Waals surface area contributed by atoms with Crippen molar-refractivity contribution in [3.8, 4) is 0 Å². The molecule has 2 rings (SSSR count). The van der Waals surface area contributed by atoms with Gasteiger partial charge in [-0.25, -0.2) is 0 Å². The van der Waals surface area contributed by atoms with Crippen molar-refractivity contribution in [3.05, 3.63) is 35.9 Å². The van der Waals surface area contributed by atoms with Gasteiger partial charge in [-0.3, -0.25) is 0 Å². The fraction of sp³-hybridized carbons (Fsp3) is 0.467. The third kappa shape index (κ3) is 2.13. The molecular weight excluding hydrogens is 194 g/mol. The lowest BCUT2D eigenvalue weighted by molar-refractivity contribution is 0.576. The predicted octanol–water partition coefficient (Wildman–Crippen LogP) is 3.88. The molecule has 86 valence electrons. The van der Waals surface area contributed by atoms with Gasteiger partial charge in [-0.15, -0.1) is 0 Å². The average Bonchev–Trinajstić information content (AvgIpc) is 2.38. The summed E-state index contributed by atoms with van der Waals surface area (Å²) >= 11 is 0. The quantitative estimate of drug-likeness (QED) is 0.739. The van der Waals surface area contributed by atoms with Crippen LogP contribution >= 0.6 is 0 Å². The highest BCUT2D eigenvalue weighted by atomic mass is 15.1. The summed E-state index contributed by atoms with van der Waals surface area (Å²) in [6, 6.07) is 6.58. The summed E-state index contributed by atoms with van der Waals surface area (Å²) < 4.78 is 0. The van der Waals surface area contributed by atoms with Gasteiger partial charge in [0.2, 0.25) is 0 Å². The summed E-state index contributed by atoms with van der Waals surface area (Å²) in [4.78, 5) is 2.54. The molecule has 1 aliphatic rings. The first kappa shape index (κ1) is 11.3. The van der Waals surface area contributed by atoms with Crippen molar-refractivity contribution in [2.24, 2.45) is 0 Å². The van der Waals surface area contributed by atoms with Crippen LogP contribution in [-0.4, -0.2) is 13.1 Å². The molecule has 0 aliphatic carbocycles. The van der Waals surface area contributed by atoms with Crippen LogP contribution in [0.1, 0.15) is 37.3 Å². The SMILES string of the molecule is C=Cc1cccc(N2CCCCC2)c1CC. The van der Waals surface area contributed by atoms with E-state index in [0.717, 1.165) is 6.42 Å². The van der Waals surface area contributed by atoms with E-state index in [1.54, 1.807) is 0 Å². The number of nitrogens with zero attached hydrogens (tertiary/aromatic N) is 1. The minimum atomic E-state index is 1.09. The zero-order chi connectivity index (χ0) is 11.4. The summed E-state index contributed by atoms with van der Waals surface area (Å²) in [7, 11) is 0. The summed E-state index contributed by atoms with van der Waals surface area (Å²) in [5, 5.41) is 0. The van der Waals surface area contributed by atoms with E-state index in [1.807, 2.05) is 6.08 Å². The van der Waals surface area contributed by atoms with Crippen LogP contribution in [0.2, 0.25) is 0 Å². The Balaban J connectivity index is 2.34. The number of hydrogen-bond acceptors (Lipinski definition) is 1. The molecule has 1 nitrogen and oxygen atoms in total. The minimum Gasteiger partial charge on any atom is -0.371 e. The number of hydrogen-bond donors (Lipinski definition) is 0. The zero-order valence-electron chi connectivity index (χ0n) is 10.2. The molecule has 1 aromatic carbocycles. The molecule has 1 heterocycles. The van der Waals surface area contributed by atoms with Crippen molar-refractivity contribution in [1.29, 1.82) is 0 Å². The maximum atomic E-state index is 3.91. The van der Waals surface area contributed by atoms with Gasteiger partial charge in [-0.2, -0.15) is 0 Å². The number of piperidine rings is 1. The van der Waals surface area contributed by atoms with Crippen LogP contribution < -0.4 is 4.90 Å². The minimum absolute atomic E-state index is 1.09. The standard InChI is InChI=1S/C15H21N/c1-3-13-9-8-10-15(14(13)4-2)16-11-6-5-7-12-16/h3,8-10H,1,4-7,11-12H2,2H3. The van der Waals surface area contributed by atoms with Crippen molar-refractivity contribution in [2.75, 3.05) is 18.0 Å². The average molecular weight is 215 g/mol. The van der Waals surface area contributed by atoms with Crippen LogP contribution in [0.5, 0.6) is 0 Å². The topological polar surface area (TPSA) is 3.24 Å². The molecule has 0 saturated carbocycles. The molecule has 0 aromatic heterocycles. The molecule has 1 heteroatoms. The Hall–Kier alpha value is -1.24. The molecule has 1 aromatic rings. The predicted molar refractivity (Wildman–Crippen MR) is 72.0 cm³/mol. The van der Waals surface area contributed by atoms with E-state index in [-0.39, 0.29) is 0 Å². The first-order valence-electron chi connectivity index (χ1n) is 6.36. The van der Waals surface area contributed by atoms with Crippen molar-refractivity contribution in [1.82, 2.24) is 0 Å². The number of rotatable bonds is 3. The van der Waals surface area contributed by atoms with E-state index in [4.69, 9.17) is 0 Å². The summed E-state index contributed by atoms with van der Waals surface area (Å²) in [6.07, 6.45) is 7.13. The van der Waals surface area contributed by atoms with Gasteiger partial charge in [0.1, 0.15) is 0 Å². The monoisotopic (exact) mass is 215 g/mol. The first-order chi connectivity index (χ1) is 7.86. The van der Waals surface area contributed by atoms with Gasteiger partial charge in [0, 0.05) is 18.8 Å². The van der Waals surface area contributed by atoms with E-state index < -0.39 is 0 Å². The Morgan fingerprint density at radius 3 is 2.62 bits per heavy atom. The molecule has 1 saturated heterocycles. The van der Waals surface area contributed by atoms with Crippen LogP contribution in [0.15, 0.2) is 24.8 Å². The van der Waals surface area contributed by atoms with Crippen LogP contribution in [-0.2, 0) is 6.42 Å². The van der Waals surface area contributed by atoms with Crippen molar-refractivity contribution >= 4 is 11.8 Å². The van der Waals surface area contributed by atoms with Gasteiger partial charge in [-0.1, -0.05) is 31.7 Å². The highest BCUT2D eigenvalue weighted by Gasteiger charge is 2.14. The first-order valence-corrected chi connectivity index (χ1v) is 6.36. The van der Waals surface area contributed by atoms with Crippen molar-refractivity contribution < 1.29 is 0 Å². The van der Waals surface area contributed by atoms with Crippen LogP contribution in [0.3, 0.4) is 0 Å². The lowest BCUT2D eigenvalue weighted by atomic mass is 10.0. The van der Waals surface area contributed by atoms with E-state index in [1.165, 1.54) is 49.2 Å². The van der Waals surface area contributed by atoms with Gasteiger partial charge < -0.3 is 4.90 Å². The van der Waals surface area contributed by atoms with Gasteiger partial charge in [0.25, 0.3) is 0 Å². The molecule has 0 atom stereocenters. The lowest BCUT2D eigenvalue weighted by Crippen LogP contribution is -2.30. The molecular formula is C15H21N. The Morgan fingerprint density at radius 2 is 2.00 bits per heavy atom. The molecule has 1 fully saturated rings. The molecule has 0 unspecified atom stereocenters. The van der Waals surface area contributed by atoms with Crippen LogP contribution in [0, 0.1) is 0 Å². The third-order valence-corrected chi connectivity index (χ3v) is 3.46. The maximum absolute atomic E-state index is 3.91. The summed E-state index contributed by atoms with van der Waals surface area (Å²) in [5.41, 5.74) is 4.18. The van der Waals surface area contributed by atoms with E-state index in [2.05, 4.69) is 36.6 Å². The molecule has 0 N–H and O–H groups in total. The molecule has 0 amide bonds. The highest BCUT2D eigenvalue weighted by Crippen LogP contribution is 2.27. The lowest BCUT2D eigenvalue weighted by Gasteiger charge is -2.31. The van der Waals surface area contributed by atoms with Crippen molar-refractivity contribution in [3.63, 3.8) is 0 Å². The number of anilines is 1. The molecule has 16 heavy (non-hydrogen) atoms. The largest absolute Gasteiger partial charge is 0.371 e. The number of benzene rings is 1. The smallest absolute Gasteiger partial charge is 0.0404 e. The fourth-order valence-electron chi connectivity index (χ4n) is 2.60. The molecule has 1 aliphatic heterocycles. The molecule has 0 radical (unpaired) electrons. The second-order valence-electron chi connectivity index (χ2n) is 4.45. The van der Waals surface area contributed by atoms with E-state index in [0.29, 0.717) is 0 Å². The Morgan fingerprint density at radius 1 is 1.25 bits per heavy atom. The maximum Gasteiger partial charge on any atom is 0.0404 e. The van der Waals surface area contributed by atoms with Gasteiger partial charge >= 0.3 is 0 Å². The zero-order valence-corrected chi connectivity index (χ0v) is 10.2. The Bertz CT molecular complexity index is 362. The van der Waals surface area contributed by atoms with E-state index >= 15 is 0 Å². The van der Waals surface area contributed by atoms with Gasteiger partial charge in [0.15, 0.2) is 0 Å². The van der Waals surface area contributed by atoms with Gasteiger partial charge in [-0.05, 0) is 42.9 Å². The highest BCUT2D eigenvalue weighted by molar-refractivity contribution is 5.65. The normalized spacial score (nSPS) is 16.2. The fourth-order valence-corrected chi connectivity index (χ4v) is 2.60. The van der Waals surface area contributed by atoms with Crippen LogP contribution in [0.4, 0.5) is 5.69 Å². The van der Waals surface area contributed by atoms with Crippen LogP contribution in [0.25, 0.3) is 6.08 Å². The Labute approximate surface area is 98.8 Å².